The molecule has 4 fully saturated rings. The van der Waals surface area contributed by atoms with Gasteiger partial charge in [-0.15, -0.1) is 0 Å². The fourth-order valence-electron chi connectivity index (χ4n) is 7.23. The average molecular weight is 488 g/mol. The number of benzene rings is 1. The summed E-state index contributed by atoms with van der Waals surface area (Å²) < 4.78 is 0. The third-order valence-corrected chi connectivity index (χ3v) is 9.76. The topological polar surface area (TPSA) is 42.9 Å². The summed E-state index contributed by atoms with van der Waals surface area (Å²) in [5.74, 6) is 0.717. The van der Waals surface area contributed by atoms with Gasteiger partial charge in [0, 0.05) is 55.8 Å². The molecule has 3 heterocycles. The van der Waals surface area contributed by atoms with Gasteiger partial charge < -0.3 is 14.7 Å². The molecule has 0 unspecified atom stereocenters. The fourth-order valence-corrected chi connectivity index (χ4v) is 7.23. The molecule has 1 spiro atoms. The maximum atomic E-state index is 14.0. The highest BCUT2D eigenvalue weighted by atomic mass is 16.2. The second-order valence-electron chi connectivity index (χ2n) is 11.9. The van der Waals surface area contributed by atoms with Crippen LogP contribution in [0, 0.1) is 5.92 Å². The van der Waals surface area contributed by atoms with E-state index in [2.05, 4.69) is 81.1 Å². The molecule has 2 saturated heterocycles. The molecule has 0 radical (unpaired) electrons. The molecule has 2 aliphatic carbocycles. The summed E-state index contributed by atoms with van der Waals surface area (Å²) in [4.78, 5) is 27.7. The van der Waals surface area contributed by atoms with Crippen LogP contribution in [0.3, 0.4) is 0 Å². The lowest BCUT2D eigenvalue weighted by molar-refractivity contribution is 0.0226. The van der Waals surface area contributed by atoms with Crippen molar-refractivity contribution in [3.63, 3.8) is 0 Å². The third-order valence-electron chi connectivity index (χ3n) is 9.76. The minimum atomic E-state index is -0.00377. The van der Waals surface area contributed by atoms with E-state index >= 15 is 0 Å². The van der Waals surface area contributed by atoms with Crippen molar-refractivity contribution in [2.45, 2.75) is 68.5 Å². The van der Waals surface area contributed by atoms with E-state index in [0.29, 0.717) is 18.0 Å². The van der Waals surface area contributed by atoms with Crippen LogP contribution in [0.25, 0.3) is 0 Å². The lowest BCUT2D eigenvalue weighted by Gasteiger charge is -2.51. The van der Waals surface area contributed by atoms with Crippen molar-refractivity contribution < 1.29 is 4.79 Å². The first kappa shape index (κ1) is 23.8. The first-order valence-electron chi connectivity index (χ1n) is 14.0. The average Bonchev–Trinajstić information content (AvgIpc) is 3.72. The zero-order valence-electron chi connectivity index (χ0n) is 22.0. The van der Waals surface area contributed by atoms with Crippen LogP contribution < -0.4 is 4.90 Å². The SMILES string of the molecule is CN(C)C1(c2ccccc2)CCC2(CC1)CN(C1CCN(c3ccncc3)CC1)C(=O)N2CC1CC1. The Bertz CT molecular complexity index is 1040. The van der Waals surface area contributed by atoms with Gasteiger partial charge in [-0.1, -0.05) is 30.3 Å². The van der Waals surface area contributed by atoms with Gasteiger partial charge in [0.1, 0.15) is 0 Å². The van der Waals surface area contributed by atoms with E-state index in [1.54, 1.807) is 0 Å². The highest BCUT2D eigenvalue weighted by Crippen LogP contribution is 2.50. The van der Waals surface area contributed by atoms with Crippen molar-refractivity contribution in [3.05, 3.63) is 60.4 Å². The maximum Gasteiger partial charge on any atom is 0.320 e. The quantitative estimate of drug-likeness (QED) is 0.577. The highest BCUT2D eigenvalue weighted by Gasteiger charge is 2.56. The summed E-state index contributed by atoms with van der Waals surface area (Å²) in [6.07, 6.45) is 12.8. The smallest absolute Gasteiger partial charge is 0.320 e. The van der Waals surface area contributed by atoms with Gasteiger partial charge in [0.15, 0.2) is 0 Å². The molecule has 6 rings (SSSR count). The number of aromatic nitrogens is 1. The molecule has 0 atom stereocenters. The second-order valence-corrected chi connectivity index (χ2v) is 11.9. The van der Waals surface area contributed by atoms with Crippen LogP contribution in [-0.4, -0.2) is 77.6 Å². The van der Waals surface area contributed by atoms with Crippen LogP contribution in [0.15, 0.2) is 54.9 Å². The Hall–Kier alpha value is -2.60. The van der Waals surface area contributed by atoms with Crippen LogP contribution in [0.5, 0.6) is 0 Å². The van der Waals surface area contributed by atoms with Crippen molar-refractivity contribution in [2.24, 2.45) is 5.92 Å². The normalized spacial score (nSPS) is 29.5. The highest BCUT2D eigenvalue weighted by molar-refractivity contribution is 5.79. The molecule has 2 saturated carbocycles. The van der Waals surface area contributed by atoms with Gasteiger partial charge in [-0.05, 0) is 89.1 Å². The Morgan fingerprint density at radius 2 is 1.58 bits per heavy atom. The first-order valence-corrected chi connectivity index (χ1v) is 14.0. The number of urea groups is 1. The van der Waals surface area contributed by atoms with E-state index in [4.69, 9.17) is 0 Å². The van der Waals surface area contributed by atoms with Gasteiger partial charge in [-0.25, -0.2) is 4.79 Å². The number of hydrogen-bond acceptors (Lipinski definition) is 4. The lowest BCUT2D eigenvalue weighted by Crippen LogP contribution is -2.55. The number of anilines is 1. The number of carbonyl (C=O) groups excluding carboxylic acids is 1. The Kier molecular flexibility index (Phi) is 6.19. The van der Waals surface area contributed by atoms with Crippen LogP contribution in [-0.2, 0) is 5.54 Å². The van der Waals surface area contributed by atoms with Crippen LogP contribution in [0.4, 0.5) is 10.5 Å². The molecule has 6 heteroatoms. The second kappa shape index (κ2) is 9.37. The zero-order valence-corrected chi connectivity index (χ0v) is 22.0. The predicted molar refractivity (Wildman–Crippen MR) is 144 cm³/mol. The van der Waals surface area contributed by atoms with E-state index in [1.807, 2.05) is 12.4 Å². The molecule has 192 valence electrons. The molecule has 6 nitrogen and oxygen atoms in total. The number of carbonyl (C=O) groups is 1. The first-order chi connectivity index (χ1) is 17.5. The van der Waals surface area contributed by atoms with Crippen molar-refractivity contribution >= 4 is 11.7 Å². The molecule has 2 amide bonds. The van der Waals surface area contributed by atoms with Crippen LogP contribution in [0.1, 0.15) is 56.9 Å². The van der Waals surface area contributed by atoms with E-state index in [-0.39, 0.29) is 11.1 Å². The summed E-state index contributed by atoms with van der Waals surface area (Å²) in [5, 5.41) is 0. The van der Waals surface area contributed by atoms with Gasteiger partial charge in [0.05, 0.1) is 5.54 Å². The largest absolute Gasteiger partial charge is 0.371 e. The molecule has 1 aromatic heterocycles. The van der Waals surface area contributed by atoms with Crippen molar-refractivity contribution in [2.75, 3.05) is 45.2 Å². The summed E-state index contributed by atoms with van der Waals surface area (Å²) in [6.45, 7) is 3.89. The molecule has 36 heavy (non-hydrogen) atoms. The number of amides is 2. The van der Waals surface area contributed by atoms with Crippen molar-refractivity contribution in [1.82, 2.24) is 19.7 Å². The summed E-state index contributed by atoms with van der Waals surface area (Å²) in [7, 11) is 4.46. The lowest BCUT2D eigenvalue weighted by atomic mass is 9.68. The van der Waals surface area contributed by atoms with Gasteiger partial charge in [-0.3, -0.25) is 9.88 Å². The Labute approximate surface area is 216 Å². The summed E-state index contributed by atoms with van der Waals surface area (Å²) in [6, 6.07) is 15.9. The fraction of sp³-hybridized carbons (Fsp3) is 0.600. The van der Waals surface area contributed by atoms with Crippen molar-refractivity contribution in [1.29, 1.82) is 0 Å². The minimum Gasteiger partial charge on any atom is -0.371 e. The molecule has 0 N–H and O–H groups in total. The van der Waals surface area contributed by atoms with Gasteiger partial charge in [0.25, 0.3) is 0 Å². The Morgan fingerprint density at radius 3 is 2.19 bits per heavy atom. The van der Waals surface area contributed by atoms with E-state index < -0.39 is 0 Å². The molecule has 1 aromatic carbocycles. The van der Waals surface area contributed by atoms with Crippen molar-refractivity contribution in [3.8, 4) is 0 Å². The molecule has 4 aliphatic rings. The molecular weight excluding hydrogens is 446 g/mol. The number of hydrogen-bond donors (Lipinski definition) is 0. The maximum absolute atomic E-state index is 14.0. The monoisotopic (exact) mass is 487 g/mol. The van der Waals surface area contributed by atoms with E-state index in [9.17, 15) is 4.79 Å². The molecule has 0 bridgehead atoms. The summed E-state index contributed by atoms with van der Waals surface area (Å²) >= 11 is 0. The van der Waals surface area contributed by atoms with Crippen LogP contribution >= 0.6 is 0 Å². The minimum absolute atomic E-state index is 0.00377. The zero-order chi connectivity index (χ0) is 24.8. The molecule has 2 aromatic rings. The number of pyridine rings is 1. The van der Waals surface area contributed by atoms with Gasteiger partial charge >= 0.3 is 6.03 Å². The Morgan fingerprint density at radius 1 is 0.917 bits per heavy atom. The van der Waals surface area contributed by atoms with Crippen LogP contribution in [0.2, 0.25) is 0 Å². The standard InChI is InChI=1S/C30H41N5O/c1-32(2)30(25-6-4-3-5-7-25)16-14-29(15-17-30)23-34(28(36)35(29)22-24-8-9-24)27-12-20-33(21-13-27)26-10-18-31-19-11-26/h3-7,10-11,18-19,24,27H,8-9,12-17,20-23H2,1-2H3. The number of nitrogens with zero attached hydrogens (tertiary/aromatic N) is 5. The number of piperidine rings is 1. The van der Waals surface area contributed by atoms with Gasteiger partial charge in [-0.2, -0.15) is 0 Å². The third kappa shape index (κ3) is 4.17. The van der Waals surface area contributed by atoms with E-state index in [0.717, 1.165) is 64.7 Å². The Balaban J connectivity index is 1.20. The predicted octanol–water partition coefficient (Wildman–Crippen LogP) is 4.97. The number of rotatable bonds is 6. The van der Waals surface area contributed by atoms with Gasteiger partial charge in [0.2, 0.25) is 0 Å². The molecular formula is C30H41N5O. The molecule has 2 aliphatic heterocycles. The van der Waals surface area contributed by atoms with E-state index in [1.165, 1.54) is 24.1 Å². The summed E-state index contributed by atoms with van der Waals surface area (Å²) in [5.41, 5.74) is 2.72.